The fourth-order valence-electron chi connectivity index (χ4n) is 3.39. The molecule has 0 aliphatic heterocycles. The third-order valence-electron chi connectivity index (χ3n) is 4.61. The largest absolute Gasteiger partial charge is 0.302 e. The van der Waals surface area contributed by atoms with Crippen LogP contribution in [0.2, 0.25) is 0 Å². The lowest BCUT2D eigenvalue weighted by Gasteiger charge is -2.25. The van der Waals surface area contributed by atoms with E-state index in [0.717, 1.165) is 6.42 Å². The van der Waals surface area contributed by atoms with Crippen LogP contribution in [0.5, 0.6) is 0 Å². The summed E-state index contributed by atoms with van der Waals surface area (Å²) in [6.07, 6.45) is 3.52. The minimum atomic E-state index is 0.492. The van der Waals surface area contributed by atoms with Crippen LogP contribution < -0.4 is 0 Å². The van der Waals surface area contributed by atoms with Gasteiger partial charge in [0.25, 0.3) is 0 Å². The summed E-state index contributed by atoms with van der Waals surface area (Å²) in [7, 11) is 4.35. The van der Waals surface area contributed by atoms with Gasteiger partial charge in [-0.15, -0.1) is 0 Å². The van der Waals surface area contributed by atoms with Gasteiger partial charge in [-0.25, -0.2) is 0 Å². The van der Waals surface area contributed by atoms with Crippen LogP contribution in [-0.4, -0.2) is 19.0 Å². The van der Waals surface area contributed by atoms with Crippen molar-refractivity contribution >= 4 is 10.8 Å². The molecule has 0 aliphatic rings. The van der Waals surface area contributed by atoms with Crippen LogP contribution in [0.1, 0.15) is 30.0 Å². The lowest BCUT2D eigenvalue weighted by molar-refractivity contribution is 0.279. The zero-order valence-corrected chi connectivity index (χ0v) is 14.1. The molecule has 3 rings (SSSR count). The van der Waals surface area contributed by atoms with Gasteiger partial charge in [0, 0.05) is 6.04 Å². The predicted molar refractivity (Wildman–Crippen MR) is 99.8 cm³/mol. The molecule has 0 saturated carbocycles. The van der Waals surface area contributed by atoms with Crippen LogP contribution in [0.15, 0.2) is 72.8 Å². The highest BCUT2D eigenvalue weighted by molar-refractivity contribution is 5.85. The molecule has 118 valence electrons. The molecule has 0 N–H and O–H groups in total. The molecule has 0 heterocycles. The van der Waals surface area contributed by atoms with Crippen molar-refractivity contribution in [3.8, 4) is 0 Å². The topological polar surface area (TPSA) is 3.24 Å². The second kappa shape index (κ2) is 7.43. The number of benzene rings is 3. The van der Waals surface area contributed by atoms with E-state index in [1.807, 2.05) is 0 Å². The highest BCUT2D eigenvalue weighted by atomic mass is 15.1. The normalized spacial score (nSPS) is 12.7. The van der Waals surface area contributed by atoms with Gasteiger partial charge in [-0.1, -0.05) is 72.8 Å². The molecule has 0 amide bonds. The molecule has 23 heavy (non-hydrogen) atoms. The Hall–Kier alpha value is -2.12. The van der Waals surface area contributed by atoms with Crippen molar-refractivity contribution in [1.29, 1.82) is 0 Å². The number of hydrogen-bond acceptors (Lipinski definition) is 1. The highest BCUT2D eigenvalue weighted by Gasteiger charge is 2.13. The molecule has 1 heteroatoms. The summed E-state index contributed by atoms with van der Waals surface area (Å²) < 4.78 is 0. The third kappa shape index (κ3) is 3.80. The SMILES string of the molecule is CN(C)C(CCCc1cccc2ccccc12)c1ccccc1. The second-order valence-electron chi connectivity index (χ2n) is 6.42. The van der Waals surface area contributed by atoms with Crippen molar-refractivity contribution in [3.05, 3.63) is 83.9 Å². The van der Waals surface area contributed by atoms with Crippen LogP contribution in [-0.2, 0) is 6.42 Å². The first-order chi connectivity index (χ1) is 11.3. The van der Waals surface area contributed by atoms with E-state index in [4.69, 9.17) is 0 Å². The number of nitrogens with zero attached hydrogens (tertiary/aromatic N) is 1. The van der Waals surface area contributed by atoms with Crippen molar-refractivity contribution in [2.75, 3.05) is 14.1 Å². The fraction of sp³-hybridized carbons (Fsp3) is 0.273. The molecular weight excluding hydrogens is 278 g/mol. The molecule has 3 aromatic rings. The minimum Gasteiger partial charge on any atom is -0.302 e. The zero-order chi connectivity index (χ0) is 16.1. The predicted octanol–water partition coefficient (Wildman–Crippen LogP) is 5.47. The summed E-state index contributed by atoms with van der Waals surface area (Å²) >= 11 is 0. The second-order valence-corrected chi connectivity index (χ2v) is 6.42. The summed E-state index contributed by atoms with van der Waals surface area (Å²) in [5, 5.41) is 2.74. The Balaban J connectivity index is 1.70. The first-order valence-electron chi connectivity index (χ1n) is 8.44. The summed E-state index contributed by atoms with van der Waals surface area (Å²) in [5.74, 6) is 0. The molecule has 0 radical (unpaired) electrons. The Labute approximate surface area is 139 Å². The third-order valence-corrected chi connectivity index (χ3v) is 4.61. The van der Waals surface area contributed by atoms with Crippen LogP contribution in [0.4, 0.5) is 0 Å². The first-order valence-corrected chi connectivity index (χ1v) is 8.44. The molecule has 1 nitrogen and oxygen atoms in total. The van der Waals surface area contributed by atoms with E-state index in [-0.39, 0.29) is 0 Å². The number of rotatable bonds is 6. The number of aryl methyl sites for hydroxylation is 1. The van der Waals surface area contributed by atoms with Crippen LogP contribution in [0.3, 0.4) is 0 Å². The molecule has 0 spiro atoms. The van der Waals surface area contributed by atoms with E-state index in [1.165, 1.54) is 34.7 Å². The van der Waals surface area contributed by atoms with E-state index in [2.05, 4.69) is 91.8 Å². The first kappa shape index (κ1) is 15.8. The van der Waals surface area contributed by atoms with Crippen molar-refractivity contribution in [3.63, 3.8) is 0 Å². The Morgan fingerprint density at radius 2 is 1.48 bits per heavy atom. The van der Waals surface area contributed by atoms with Gasteiger partial charge in [-0.2, -0.15) is 0 Å². The Bertz CT molecular complexity index is 741. The van der Waals surface area contributed by atoms with Crippen LogP contribution >= 0.6 is 0 Å². The average Bonchev–Trinajstić information content (AvgIpc) is 2.59. The maximum absolute atomic E-state index is 2.33. The Morgan fingerprint density at radius 1 is 0.783 bits per heavy atom. The van der Waals surface area contributed by atoms with E-state index in [1.54, 1.807) is 0 Å². The Morgan fingerprint density at radius 3 is 2.26 bits per heavy atom. The maximum Gasteiger partial charge on any atom is 0.0342 e. The molecule has 0 aliphatic carbocycles. The fourth-order valence-corrected chi connectivity index (χ4v) is 3.39. The molecule has 0 fully saturated rings. The van der Waals surface area contributed by atoms with E-state index < -0.39 is 0 Å². The van der Waals surface area contributed by atoms with Crippen LogP contribution in [0, 0.1) is 0 Å². The van der Waals surface area contributed by atoms with E-state index in [0.29, 0.717) is 6.04 Å². The highest BCUT2D eigenvalue weighted by Crippen LogP contribution is 2.26. The molecular formula is C22H25N. The minimum absolute atomic E-state index is 0.492. The standard InChI is InChI=1S/C22H25N/c1-23(2)22(20-11-4-3-5-12-20)17-9-15-19-14-8-13-18-10-6-7-16-21(18)19/h3-8,10-14,16,22H,9,15,17H2,1-2H3. The van der Waals surface area contributed by atoms with Crippen molar-refractivity contribution < 1.29 is 0 Å². The van der Waals surface area contributed by atoms with Gasteiger partial charge >= 0.3 is 0 Å². The lowest BCUT2D eigenvalue weighted by atomic mass is 9.96. The van der Waals surface area contributed by atoms with Gasteiger partial charge < -0.3 is 4.90 Å². The molecule has 0 saturated heterocycles. The summed E-state index contributed by atoms with van der Waals surface area (Å²) in [6, 6.07) is 26.7. The quantitative estimate of drug-likeness (QED) is 0.584. The monoisotopic (exact) mass is 303 g/mol. The Kier molecular flexibility index (Phi) is 5.09. The zero-order valence-electron chi connectivity index (χ0n) is 14.1. The number of hydrogen-bond donors (Lipinski definition) is 0. The smallest absolute Gasteiger partial charge is 0.0342 e. The molecule has 1 unspecified atom stereocenters. The van der Waals surface area contributed by atoms with Gasteiger partial charge in [0.15, 0.2) is 0 Å². The van der Waals surface area contributed by atoms with E-state index >= 15 is 0 Å². The summed E-state index contributed by atoms with van der Waals surface area (Å²) in [5.41, 5.74) is 2.88. The van der Waals surface area contributed by atoms with Gasteiger partial charge in [-0.3, -0.25) is 0 Å². The van der Waals surface area contributed by atoms with Crippen molar-refractivity contribution in [1.82, 2.24) is 4.90 Å². The van der Waals surface area contributed by atoms with Gasteiger partial charge in [0.2, 0.25) is 0 Å². The maximum atomic E-state index is 2.33. The average molecular weight is 303 g/mol. The number of fused-ring (bicyclic) bond motifs is 1. The molecule has 1 atom stereocenters. The van der Waals surface area contributed by atoms with E-state index in [9.17, 15) is 0 Å². The van der Waals surface area contributed by atoms with Gasteiger partial charge in [0.05, 0.1) is 0 Å². The lowest BCUT2D eigenvalue weighted by Crippen LogP contribution is -2.20. The molecule has 0 bridgehead atoms. The van der Waals surface area contributed by atoms with Gasteiger partial charge in [0.1, 0.15) is 0 Å². The van der Waals surface area contributed by atoms with Crippen molar-refractivity contribution in [2.24, 2.45) is 0 Å². The van der Waals surface area contributed by atoms with Crippen LogP contribution in [0.25, 0.3) is 10.8 Å². The summed E-state index contributed by atoms with van der Waals surface area (Å²) in [6.45, 7) is 0. The van der Waals surface area contributed by atoms with Crippen molar-refractivity contribution in [2.45, 2.75) is 25.3 Å². The van der Waals surface area contributed by atoms with Gasteiger partial charge in [-0.05, 0) is 55.3 Å². The summed E-state index contributed by atoms with van der Waals surface area (Å²) in [4.78, 5) is 2.33. The molecule has 3 aromatic carbocycles. The molecule has 0 aromatic heterocycles.